The topological polar surface area (TPSA) is 37.9 Å². The Morgan fingerprint density at radius 2 is 2.13 bits per heavy atom. The van der Waals surface area contributed by atoms with Crippen LogP contribution in [0.15, 0.2) is 18.2 Å². The third kappa shape index (κ3) is 1.18. The molecule has 0 fully saturated rings. The predicted molar refractivity (Wildman–Crippen MR) is 58.9 cm³/mol. The highest BCUT2D eigenvalue weighted by Crippen LogP contribution is 2.31. The molecule has 0 saturated heterocycles. The van der Waals surface area contributed by atoms with Crippen molar-refractivity contribution in [1.82, 2.24) is 4.57 Å². The minimum absolute atomic E-state index is 0.728. The van der Waals surface area contributed by atoms with Crippen LogP contribution in [0.1, 0.15) is 11.3 Å². The molecule has 0 bridgehead atoms. The second kappa shape index (κ2) is 3.32. The molecule has 1 aromatic heterocycles. The number of para-hydroxylation sites is 1. The summed E-state index contributed by atoms with van der Waals surface area (Å²) < 4.78 is 7.28. The van der Waals surface area contributed by atoms with E-state index in [1.54, 1.807) is 7.11 Å². The number of aromatic nitrogens is 1. The molecule has 3 nitrogen and oxygen atoms in total. The summed E-state index contributed by atoms with van der Waals surface area (Å²) in [6.45, 7) is 1.94. The first-order valence-corrected chi connectivity index (χ1v) is 4.72. The minimum atomic E-state index is 0.728. The second-order valence-corrected chi connectivity index (χ2v) is 3.49. The molecule has 3 heteroatoms. The highest BCUT2D eigenvalue weighted by Gasteiger charge is 2.14. The number of hydrogen-bond acceptors (Lipinski definition) is 2. The molecule has 0 aliphatic heterocycles. The van der Waals surface area contributed by atoms with Crippen LogP contribution in [0.5, 0.6) is 5.75 Å². The molecule has 0 saturated carbocycles. The summed E-state index contributed by atoms with van der Waals surface area (Å²) >= 11 is 0. The summed E-state index contributed by atoms with van der Waals surface area (Å²) in [5.41, 5.74) is 2.68. The number of rotatable bonds is 1. The van der Waals surface area contributed by atoms with Gasteiger partial charge in [0.15, 0.2) is 0 Å². The van der Waals surface area contributed by atoms with E-state index in [1.165, 1.54) is 0 Å². The van der Waals surface area contributed by atoms with Gasteiger partial charge in [0.25, 0.3) is 0 Å². The first-order valence-electron chi connectivity index (χ1n) is 4.72. The Morgan fingerprint density at radius 3 is 2.73 bits per heavy atom. The van der Waals surface area contributed by atoms with Crippen LogP contribution < -0.4 is 4.74 Å². The molecule has 2 aromatic rings. The van der Waals surface area contributed by atoms with Crippen LogP contribution in [0.4, 0.5) is 0 Å². The van der Waals surface area contributed by atoms with Crippen molar-refractivity contribution < 1.29 is 4.74 Å². The fourth-order valence-electron chi connectivity index (χ4n) is 1.91. The lowest BCUT2D eigenvalue weighted by molar-refractivity contribution is 0.418. The Bertz CT molecular complexity index is 561. The molecule has 0 amide bonds. The van der Waals surface area contributed by atoms with E-state index in [1.807, 2.05) is 36.7 Å². The average Bonchev–Trinajstić information content (AvgIpc) is 2.51. The number of aryl methyl sites for hydroxylation is 1. The minimum Gasteiger partial charge on any atom is -0.495 e. The third-order valence-corrected chi connectivity index (χ3v) is 2.80. The molecule has 2 rings (SSSR count). The molecular formula is C12H12N2O. The van der Waals surface area contributed by atoms with Crippen molar-refractivity contribution >= 4 is 10.9 Å². The van der Waals surface area contributed by atoms with E-state index in [2.05, 4.69) is 6.07 Å². The van der Waals surface area contributed by atoms with Crippen molar-refractivity contribution in [3.8, 4) is 11.8 Å². The Morgan fingerprint density at radius 1 is 1.40 bits per heavy atom. The summed E-state index contributed by atoms with van der Waals surface area (Å²) in [4.78, 5) is 0. The normalized spacial score (nSPS) is 10.3. The predicted octanol–water partition coefficient (Wildman–Crippen LogP) is 2.37. The average molecular weight is 200 g/mol. The second-order valence-electron chi connectivity index (χ2n) is 3.49. The Balaban J connectivity index is 2.98. The van der Waals surface area contributed by atoms with Crippen LogP contribution in [0, 0.1) is 18.3 Å². The SMILES string of the molecule is COc1cccc2c(C#N)c(C)n(C)c12. The van der Waals surface area contributed by atoms with Gasteiger partial charge in [-0.15, -0.1) is 0 Å². The molecule has 1 aromatic carbocycles. The van der Waals surface area contributed by atoms with Gasteiger partial charge in [0.1, 0.15) is 11.8 Å². The van der Waals surface area contributed by atoms with Crippen molar-refractivity contribution in [2.75, 3.05) is 7.11 Å². The maximum Gasteiger partial charge on any atom is 0.143 e. The first-order chi connectivity index (χ1) is 7.20. The van der Waals surface area contributed by atoms with Gasteiger partial charge in [0, 0.05) is 18.1 Å². The Hall–Kier alpha value is -1.95. The van der Waals surface area contributed by atoms with Crippen molar-refractivity contribution in [1.29, 1.82) is 5.26 Å². The Labute approximate surface area is 88.5 Å². The maximum atomic E-state index is 9.09. The summed E-state index contributed by atoms with van der Waals surface area (Å²) in [6.07, 6.45) is 0. The van der Waals surface area contributed by atoms with Gasteiger partial charge in [-0.25, -0.2) is 0 Å². The Kier molecular flexibility index (Phi) is 2.12. The van der Waals surface area contributed by atoms with Crippen molar-refractivity contribution in [2.24, 2.45) is 7.05 Å². The number of hydrogen-bond donors (Lipinski definition) is 0. The van der Waals surface area contributed by atoms with Crippen molar-refractivity contribution in [3.05, 3.63) is 29.5 Å². The van der Waals surface area contributed by atoms with Crippen LogP contribution in [0.2, 0.25) is 0 Å². The van der Waals surface area contributed by atoms with E-state index in [0.29, 0.717) is 0 Å². The zero-order valence-corrected chi connectivity index (χ0v) is 9.03. The summed E-state index contributed by atoms with van der Waals surface area (Å²) in [6, 6.07) is 7.99. The number of fused-ring (bicyclic) bond motifs is 1. The molecule has 15 heavy (non-hydrogen) atoms. The smallest absolute Gasteiger partial charge is 0.143 e. The molecule has 0 aliphatic carbocycles. The van der Waals surface area contributed by atoms with Gasteiger partial charge in [0.2, 0.25) is 0 Å². The van der Waals surface area contributed by atoms with Crippen LogP contribution >= 0.6 is 0 Å². The van der Waals surface area contributed by atoms with Crippen LogP contribution in [-0.2, 0) is 7.05 Å². The van der Waals surface area contributed by atoms with E-state index in [9.17, 15) is 0 Å². The van der Waals surface area contributed by atoms with Gasteiger partial charge in [-0.3, -0.25) is 0 Å². The van der Waals surface area contributed by atoms with Gasteiger partial charge in [-0.05, 0) is 13.0 Å². The van der Waals surface area contributed by atoms with Crippen LogP contribution in [-0.4, -0.2) is 11.7 Å². The molecule has 0 spiro atoms. The zero-order valence-electron chi connectivity index (χ0n) is 9.03. The zero-order chi connectivity index (χ0) is 11.0. The quantitative estimate of drug-likeness (QED) is 0.708. The van der Waals surface area contributed by atoms with Crippen LogP contribution in [0.3, 0.4) is 0 Å². The summed E-state index contributed by atoms with van der Waals surface area (Å²) in [5, 5.41) is 10.0. The molecule has 0 atom stereocenters. The van der Waals surface area contributed by atoms with Crippen molar-refractivity contribution in [3.63, 3.8) is 0 Å². The number of nitrogens with zero attached hydrogens (tertiary/aromatic N) is 2. The van der Waals surface area contributed by atoms with E-state index >= 15 is 0 Å². The van der Waals surface area contributed by atoms with E-state index in [0.717, 1.165) is 27.9 Å². The largest absolute Gasteiger partial charge is 0.495 e. The fourth-order valence-corrected chi connectivity index (χ4v) is 1.91. The molecule has 0 N–H and O–H groups in total. The molecular weight excluding hydrogens is 188 g/mol. The van der Waals surface area contributed by atoms with Gasteiger partial charge in [-0.2, -0.15) is 5.26 Å². The molecule has 1 heterocycles. The molecule has 0 unspecified atom stereocenters. The lowest BCUT2D eigenvalue weighted by Gasteiger charge is -2.04. The molecule has 0 radical (unpaired) electrons. The first kappa shape index (κ1) is 9.60. The highest BCUT2D eigenvalue weighted by molar-refractivity contribution is 5.92. The van der Waals surface area contributed by atoms with Gasteiger partial charge in [-0.1, -0.05) is 12.1 Å². The van der Waals surface area contributed by atoms with E-state index in [-0.39, 0.29) is 0 Å². The molecule has 0 aliphatic rings. The van der Waals surface area contributed by atoms with Crippen molar-refractivity contribution in [2.45, 2.75) is 6.92 Å². The number of methoxy groups -OCH3 is 1. The standard InChI is InChI=1S/C12H12N2O/c1-8-10(7-13)9-5-4-6-11(15-3)12(9)14(8)2/h4-6H,1-3H3. The highest BCUT2D eigenvalue weighted by atomic mass is 16.5. The number of ether oxygens (including phenoxy) is 1. The number of nitriles is 1. The van der Waals surface area contributed by atoms with Gasteiger partial charge >= 0.3 is 0 Å². The fraction of sp³-hybridized carbons (Fsp3) is 0.250. The third-order valence-electron chi connectivity index (χ3n) is 2.80. The van der Waals surface area contributed by atoms with E-state index in [4.69, 9.17) is 10.00 Å². The number of benzene rings is 1. The lowest BCUT2D eigenvalue weighted by Crippen LogP contribution is -1.93. The summed E-state index contributed by atoms with van der Waals surface area (Å²) in [5.74, 6) is 0.805. The summed E-state index contributed by atoms with van der Waals surface area (Å²) in [7, 11) is 3.59. The maximum absolute atomic E-state index is 9.09. The van der Waals surface area contributed by atoms with Gasteiger partial charge in [0.05, 0.1) is 18.2 Å². The van der Waals surface area contributed by atoms with E-state index < -0.39 is 0 Å². The van der Waals surface area contributed by atoms with Gasteiger partial charge < -0.3 is 9.30 Å². The molecule has 76 valence electrons. The monoisotopic (exact) mass is 200 g/mol. The lowest BCUT2D eigenvalue weighted by atomic mass is 10.1. The van der Waals surface area contributed by atoms with Crippen LogP contribution in [0.25, 0.3) is 10.9 Å².